The van der Waals surface area contributed by atoms with Crippen molar-refractivity contribution in [3.63, 3.8) is 0 Å². The molecule has 0 N–H and O–H groups in total. The zero-order chi connectivity index (χ0) is 15.6. The number of ether oxygens (including phenoxy) is 1. The van der Waals surface area contributed by atoms with Crippen LogP contribution in [0.2, 0.25) is 0 Å². The van der Waals surface area contributed by atoms with Crippen LogP contribution in [0, 0.1) is 3.57 Å². The summed E-state index contributed by atoms with van der Waals surface area (Å²) in [5, 5.41) is 4.07. The van der Waals surface area contributed by atoms with E-state index in [1.54, 1.807) is 24.0 Å². The van der Waals surface area contributed by atoms with E-state index in [1.807, 2.05) is 22.6 Å². The molecule has 0 saturated carbocycles. The van der Waals surface area contributed by atoms with E-state index >= 15 is 0 Å². The number of hydrogen-bond acceptors (Lipinski definition) is 5. The molecule has 0 aliphatic heterocycles. The number of carbonyl (C=O) groups excluding carboxylic acids is 1. The topological polar surface area (TPSA) is 78.3 Å². The van der Waals surface area contributed by atoms with Gasteiger partial charge in [0.25, 0.3) is 0 Å². The van der Waals surface area contributed by atoms with Crippen LogP contribution in [0.15, 0.2) is 35.4 Å². The third kappa shape index (κ3) is 3.62. The summed E-state index contributed by atoms with van der Waals surface area (Å²) < 4.78 is 31.5. The highest BCUT2D eigenvalue weighted by atomic mass is 127. The molecule has 8 heteroatoms. The number of nitrogens with zero attached hydrogens (tertiary/aromatic N) is 2. The first kappa shape index (κ1) is 16.0. The van der Waals surface area contributed by atoms with Crippen LogP contribution in [0.4, 0.5) is 0 Å². The Bertz CT molecular complexity index is 783. The van der Waals surface area contributed by atoms with Gasteiger partial charge >= 0.3 is 5.97 Å². The Kier molecular flexibility index (Phi) is 4.67. The van der Waals surface area contributed by atoms with Crippen molar-refractivity contribution < 1.29 is 17.9 Å². The molecular formula is C13H13IN2O4S. The van der Waals surface area contributed by atoms with Crippen molar-refractivity contribution in [3.05, 3.63) is 45.3 Å². The lowest BCUT2D eigenvalue weighted by atomic mass is 10.2. The molecule has 2 aromatic rings. The van der Waals surface area contributed by atoms with Crippen molar-refractivity contribution in [3.8, 4) is 0 Å². The van der Waals surface area contributed by atoms with Gasteiger partial charge in [-0.2, -0.15) is 5.10 Å². The Hall–Kier alpha value is -1.42. The van der Waals surface area contributed by atoms with E-state index in [0.29, 0.717) is 14.8 Å². The second-order valence-electron chi connectivity index (χ2n) is 4.38. The van der Waals surface area contributed by atoms with Crippen LogP contribution in [0.3, 0.4) is 0 Å². The second kappa shape index (κ2) is 6.14. The summed E-state index contributed by atoms with van der Waals surface area (Å²) >= 11 is 1.90. The van der Waals surface area contributed by atoms with E-state index in [0.717, 1.165) is 0 Å². The number of esters is 1. The minimum atomic E-state index is -3.52. The van der Waals surface area contributed by atoms with Gasteiger partial charge in [0.15, 0.2) is 9.84 Å². The Morgan fingerprint density at radius 3 is 2.62 bits per heavy atom. The van der Waals surface area contributed by atoms with Gasteiger partial charge in [0.2, 0.25) is 0 Å². The summed E-state index contributed by atoms with van der Waals surface area (Å²) in [6, 6.07) is 6.02. The second-order valence-corrected chi connectivity index (χ2v) is 7.50. The average Bonchev–Trinajstić information content (AvgIpc) is 2.81. The van der Waals surface area contributed by atoms with Crippen LogP contribution >= 0.6 is 22.6 Å². The molecule has 1 aromatic heterocycles. The quantitative estimate of drug-likeness (QED) is 0.557. The molecule has 0 unspecified atom stereocenters. The fourth-order valence-electron chi connectivity index (χ4n) is 1.81. The lowest BCUT2D eigenvalue weighted by Crippen LogP contribution is -2.09. The molecule has 0 aliphatic rings. The monoisotopic (exact) mass is 420 g/mol. The molecule has 1 aromatic carbocycles. The molecule has 0 aliphatic carbocycles. The maximum atomic E-state index is 12.4. The van der Waals surface area contributed by atoms with Gasteiger partial charge in [-0.3, -0.25) is 4.68 Å². The van der Waals surface area contributed by atoms with Crippen LogP contribution in [0.1, 0.15) is 16.1 Å². The fraction of sp³-hybridized carbons (Fsp3) is 0.231. The Labute approximate surface area is 136 Å². The van der Waals surface area contributed by atoms with Crippen molar-refractivity contribution in [2.75, 3.05) is 7.11 Å². The van der Waals surface area contributed by atoms with E-state index in [-0.39, 0.29) is 10.6 Å². The molecule has 0 fully saturated rings. The van der Waals surface area contributed by atoms with Gasteiger partial charge in [0.1, 0.15) is 0 Å². The van der Waals surface area contributed by atoms with Crippen LogP contribution in [-0.4, -0.2) is 31.3 Å². The minimum absolute atomic E-state index is 0.179. The van der Waals surface area contributed by atoms with Crippen molar-refractivity contribution in [2.45, 2.75) is 10.6 Å². The number of methoxy groups -OCH3 is 1. The molecule has 1 heterocycles. The maximum absolute atomic E-state index is 12.4. The van der Waals surface area contributed by atoms with E-state index in [2.05, 4.69) is 9.84 Å². The molecule has 0 amide bonds. The number of carbonyl (C=O) groups is 1. The first-order valence-electron chi connectivity index (χ1n) is 5.92. The number of aromatic nitrogens is 2. The number of halogens is 1. The van der Waals surface area contributed by atoms with Crippen LogP contribution in [-0.2, 0) is 27.4 Å². The zero-order valence-corrected chi connectivity index (χ0v) is 14.4. The summed E-state index contributed by atoms with van der Waals surface area (Å²) in [5.74, 6) is -0.678. The van der Waals surface area contributed by atoms with Gasteiger partial charge in [0, 0.05) is 16.8 Å². The standard InChI is InChI=1S/C13H13IN2O4S/c1-16-6-5-10(15-16)8-21(18,19)12-4-3-9(7-11(12)14)13(17)20-2/h3-7H,8H2,1-2H3. The SMILES string of the molecule is COC(=O)c1ccc(S(=O)(=O)Cc2ccn(C)n2)c(I)c1. The largest absolute Gasteiger partial charge is 0.465 e. The number of sulfone groups is 1. The van der Waals surface area contributed by atoms with E-state index < -0.39 is 15.8 Å². The summed E-state index contributed by atoms with van der Waals surface area (Å²) in [6.45, 7) is 0. The molecule has 0 bridgehead atoms. The maximum Gasteiger partial charge on any atom is 0.337 e. The molecular weight excluding hydrogens is 407 g/mol. The third-order valence-electron chi connectivity index (χ3n) is 2.79. The van der Waals surface area contributed by atoms with Gasteiger partial charge in [-0.15, -0.1) is 0 Å². The van der Waals surface area contributed by atoms with E-state index in [4.69, 9.17) is 0 Å². The summed E-state index contributed by atoms with van der Waals surface area (Å²) in [6.07, 6.45) is 1.69. The van der Waals surface area contributed by atoms with Crippen LogP contribution in [0.25, 0.3) is 0 Å². The molecule has 0 atom stereocenters. The number of rotatable bonds is 4. The lowest BCUT2D eigenvalue weighted by molar-refractivity contribution is 0.0600. The summed E-state index contributed by atoms with van der Waals surface area (Å²) in [5.41, 5.74) is 0.795. The van der Waals surface area contributed by atoms with Gasteiger partial charge in [0.05, 0.1) is 29.0 Å². The first-order chi connectivity index (χ1) is 9.83. The lowest BCUT2D eigenvalue weighted by Gasteiger charge is -2.07. The zero-order valence-electron chi connectivity index (χ0n) is 11.4. The Morgan fingerprint density at radius 2 is 2.10 bits per heavy atom. The van der Waals surface area contributed by atoms with Crippen molar-refractivity contribution in [1.82, 2.24) is 9.78 Å². The Balaban J connectivity index is 2.34. The Morgan fingerprint density at radius 1 is 1.38 bits per heavy atom. The molecule has 21 heavy (non-hydrogen) atoms. The van der Waals surface area contributed by atoms with Crippen molar-refractivity contribution >= 4 is 38.4 Å². The highest BCUT2D eigenvalue weighted by Crippen LogP contribution is 2.23. The molecule has 2 rings (SSSR count). The average molecular weight is 420 g/mol. The molecule has 6 nitrogen and oxygen atoms in total. The molecule has 112 valence electrons. The van der Waals surface area contributed by atoms with Crippen LogP contribution < -0.4 is 0 Å². The van der Waals surface area contributed by atoms with E-state index in [9.17, 15) is 13.2 Å². The van der Waals surface area contributed by atoms with Crippen LogP contribution in [0.5, 0.6) is 0 Å². The first-order valence-corrected chi connectivity index (χ1v) is 8.66. The third-order valence-corrected chi connectivity index (χ3v) is 5.76. The predicted octanol–water partition coefficient (Wildman–Crippen LogP) is 1.79. The van der Waals surface area contributed by atoms with Gasteiger partial charge in [-0.25, -0.2) is 13.2 Å². The van der Waals surface area contributed by atoms with Gasteiger partial charge in [-0.05, 0) is 46.9 Å². The van der Waals surface area contributed by atoms with Gasteiger partial charge in [-0.1, -0.05) is 0 Å². The summed E-state index contributed by atoms with van der Waals surface area (Å²) in [7, 11) is -0.509. The molecule has 0 saturated heterocycles. The molecule has 0 spiro atoms. The normalized spacial score (nSPS) is 11.4. The molecule has 0 radical (unpaired) electrons. The van der Waals surface area contributed by atoms with Crippen molar-refractivity contribution in [1.29, 1.82) is 0 Å². The number of hydrogen-bond donors (Lipinski definition) is 0. The van der Waals surface area contributed by atoms with E-state index in [1.165, 1.54) is 25.3 Å². The smallest absolute Gasteiger partial charge is 0.337 e. The predicted molar refractivity (Wildman–Crippen MR) is 84.6 cm³/mol. The highest BCUT2D eigenvalue weighted by Gasteiger charge is 2.21. The fourth-order valence-corrected chi connectivity index (χ4v) is 4.66. The van der Waals surface area contributed by atoms with Crippen molar-refractivity contribution in [2.24, 2.45) is 7.05 Å². The summed E-state index contributed by atoms with van der Waals surface area (Å²) in [4.78, 5) is 11.6. The van der Waals surface area contributed by atoms with Gasteiger partial charge < -0.3 is 4.74 Å². The number of benzene rings is 1. The number of aryl methyl sites for hydroxylation is 1. The highest BCUT2D eigenvalue weighted by molar-refractivity contribution is 14.1. The minimum Gasteiger partial charge on any atom is -0.465 e.